The number of likely N-dealkylation sites (tertiary alicyclic amines) is 1. The van der Waals surface area contributed by atoms with Crippen LogP contribution < -0.4 is 0 Å². The topological polar surface area (TPSA) is 60.0 Å². The van der Waals surface area contributed by atoms with Crippen molar-refractivity contribution in [3.8, 4) is 11.6 Å². The van der Waals surface area contributed by atoms with Gasteiger partial charge in [0.15, 0.2) is 12.2 Å². The summed E-state index contributed by atoms with van der Waals surface area (Å²) < 4.78 is 45.9. The fraction of sp³-hybridized carbons (Fsp3) is 0.542. The molecule has 3 aromatic rings. The lowest BCUT2D eigenvalue weighted by atomic mass is 9.97. The average molecular weight is 496 g/mol. The maximum atomic E-state index is 12.8. The van der Waals surface area contributed by atoms with Crippen LogP contribution in [0, 0.1) is 12.3 Å². The number of nitrogens with zero attached hydrogens (tertiary/aromatic N) is 5. The molecule has 6 nitrogen and oxygen atoms in total. The van der Waals surface area contributed by atoms with Crippen molar-refractivity contribution in [2.75, 3.05) is 19.6 Å². The van der Waals surface area contributed by atoms with Crippen molar-refractivity contribution in [3.63, 3.8) is 0 Å². The van der Waals surface area contributed by atoms with Gasteiger partial charge in [0.2, 0.25) is 5.82 Å². The van der Waals surface area contributed by atoms with Crippen molar-refractivity contribution in [2.24, 2.45) is 12.5 Å². The van der Waals surface area contributed by atoms with Crippen molar-refractivity contribution >= 4 is 12.4 Å². The van der Waals surface area contributed by atoms with E-state index < -0.39 is 11.7 Å². The third-order valence-corrected chi connectivity index (χ3v) is 7.33. The normalized spacial score (nSPS) is 22.3. The second kappa shape index (κ2) is 9.34. The summed E-state index contributed by atoms with van der Waals surface area (Å²) in [5.41, 5.74) is 1.53. The predicted molar refractivity (Wildman–Crippen MR) is 124 cm³/mol. The van der Waals surface area contributed by atoms with E-state index in [0.717, 1.165) is 68.8 Å². The first-order chi connectivity index (χ1) is 15.8. The van der Waals surface area contributed by atoms with Crippen LogP contribution in [-0.4, -0.2) is 44.3 Å². The van der Waals surface area contributed by atoms with Crippen molar-refractivity contribution in [3.05, 3.63) is 53.3 Å². The number of aryl methyl sites for hydroxylation is 2. The van der Waals surface area contributed by atoms with E-state index in [1.54, 1.807) is 12.1 Å². The lowest BCUT2D eigenvalue weighted by Crippen LogP contribution is -2.22. The minimum Gasteiger partial charge on any atom is -0.440 e. The highest BCUT2D eigenvalue weighted by molar-refractivity contribution is 5.85. The molecule has 1 aromatic carbocycles. The largest absolute Gasteiger partial charge is 0.440 e. The van der Waals surface area contributed by atoms with Gasteiger partial charge in [-0.3, -0.25) is 0 Å². The van der Waals surface area contributed by atoms with E-state index in [9.17, 15) is 13.2 Å². The zero-order chi connectivity index (χ0) is 23.2. The number of benzene rings is 1. The van der Waals surface area contributed by atoms with E-state index in [1.165, 1.54) is 18.5 Å². The molecular weight excluding hydrogens is 467 g/mol. The molecule has 2 aromatic heterocycles. The Morgan fingerprint density at radius 3 is 2.59 bits per heavy atom. The van der Waals surface area contributed by atoms with Gasteiger partial charge in [-0.1, -0.05) is 12.1 Å². The average Bonchev–Trinajstić information content (AvgIpc) is 3.05. The predicted octanol–water partition coefficient (Wildman–Crippen LogP) is 5.42. The van der Waals surface area contributed by atoms with E-state index in [0.29, 0.717) is 17.5 Å². The Hall–Kier alpha value is -2.39. The number of hydrogen-bond donors (Lipinski definition) is 0. The van der Waals surface area contributed by atoms with Crippen molar-refractivity contribution in [1.82, 2.24) is 24.6 Å². The Balaban J connectivity index is 0.00000274. The lowest BCUT2D eigenvalue weighted by molar-refractivity contribution is -0.137. The zero-order valence-electron chi connectivity index (χ0n) is 19.3. The van der Waals surface area contributed by atoms with Crippen LogP contribution in [0.2, 0.25) is 0 Å². The number of oxazole rings is 1. The summed E-state index contributed by atoms with van der Waals surface area (Å²) in [6.45, 7) is 5.03. The highest BCUT2D eigenvalue weighted by Crippen LogP contribution is 2.64. The molecule has 184 valence electrons. The Morgan fingerprint density at radius 1 is 1.15 bits per heavy atom. The minimum absolute atomic E-state index is 0. The van der Waals surface area contributed by atoms with Gasteiger partial charge in [-0.2, -0.15) is 13.2 Å². The van der Waals surface area contributed by atoms with E-state index in [1.807, 2.05) is 18.5 Å². The summed E-state index contributed by atoms with van der Waals surface area (Å²) in [5, 5.41) is 8.59. The molecule has 0 unspecified atom stereocenters. The summed E-state index contributed by atoms with van der Waals surface area (Å²) in [6, 6.07) is 5.77. The molecule has 0 radical (unpaired) electrons. The van der Waals surface area contributed by atoms with E-state index in [4.69, 9.17) is 4.42 Å². The Labute approximate surface area is 203 Å². The summed E-state index contributed by atoms with van der Waals surface area (Å²) in [7, 11) is 1.95. The monoisotopic (exact) mass is 495 g/mol. The van der Waals surface area contributed by atoms with Gasteiger partial charge in [0.1, 0.15) is 5.82 Å². The molecule has 0 amide bonds. The number of halogens is 4. The van der Waals surface area contributed by atoms with E-state index in [-0.39, 0.29) is 17.8 Å². The Morgan fingerprint density at radius 2 is 1.91 bits per heavy atom. The molecule has 0 N–H and O–H groups in total. The van der Waals surface area contributed by atoms with Gasteiger partial charge in [-0.05, 0) is 74.7 Å². The highest BCUT2D eigenvalue weighted by Gasteiger charge is 2.57. The first kappa shape index (κ1) is 24.7. The maximum Gasteiger partial charge on any atom is 0.416 e. The molecule has 2 atom stereocenters. The van der Waals surface area contributed by atoms with Crippen molar-refractivity contribution in [2.45, 2.75) is 51.1 Å². The fourth-order valence-electron chi connectivity index (χ4n) is 5.26. The van der Waals surface area contributed by atoms with Gasteiger partial charge in [0.25, 0.3) is 0 Å². The number of aromatic nitrogens is 4. The SMILES string of the molecule is Cc1ncoc1-c1nnc(CCCCN2CC[C@@]3(C[C@H]3c3ccc(C(F)(F)F)cc3)C2)n1C.Cl. The van der Waals surface area contributed by atoms with Crippen LogP contribution in [0.25, 0.3) is 11.6 Å². The van der Waals surface area contributed by atoms with Crippen LogP contribution in [0.3, 0.4) is 0 Å². The van der Waals surface area contributed by atoms with Crippen LogP contribution >= 0.6 is 12.4 Å². The molecule has 1 aliphatic carbocycles. The van der Waals surface area contributed by atoms with Gasteiger partial charge in [0.05, 0.1) is 11.3 Å². The summed E-state index contributed by atoms with van der Waals surface area (Å²) in [4.78, 5) is 6.62. The Kier molecular flexibility index (Phi) is 6.79. The second-order valence-corrected chi connectivity index (χ2v) is 9.49. The molecule has 10 heteroatoms. The quantitative estimate of drug-likeness (QED) is 0.409. The van der Waals surface area contributed by atoms with Crippen LogP contribution in [-0.2, 0) is 19.6 Å². The minimum atomic E-state index is -4.27. The van der Waals surface area contributed by atoms with Crippen molar-refractivity contribution in [1.29, 1.82) is 0 Å². The first-order valence-electron chi connectivity index (χ1n) is 11.5. The summed E-state index contributed by atoms with van der Waals surface area (Å²) in [6.07, 6.45) is 2.30. The van der Waals surface area contributed by atoms with Gasteiger partial charge in [0, 0.05) is 20.0 Å². The third-order valence-electron chi connectivity index (χ3n) is 7.33. The number of unbranched alkanes of at least 4 members (excludes halogenated alkanes) is 1. The molecule has 3 heterocycles. The molecule has 1 saturated carbocycles. The van der Waals surface area contributed by atoms with E-state index >= 15 is 0 Å². The molecular formula is C24H29ClF3N5O. The number of hydrogen-bond acceptors (Lipinski definition) is 5. The fourth-order valence-corrected chi connectivity index (χ4v) is 5.26. The summed E-state index contributed by atoms with van der Waals surface area (Å²) in [5.74, 6) is 2.68. The molecule has 1 saturated heterocycles. The molecule has 1 spiro atoms. The van der Waals surface area contributed by atoms with Crippen LogP contribution in [0.1, 0.15) is 54.2 Å². The standard InChI is InChI=1S/C24H28F3N5O.ClH/c1-16-21(33-15-28-16)22-30-29-20(31(22)2)5-3-4-11-32-12-10-23(14-32)13-19(23)17-6-8-18(9-7-17)24(25,26)27;/h6-9,15,19H,3-5,10-14H2,1-2H3;1H/t19-,23+;/m0./s1. The zero-order valence-corrected chi connectivity index (χ0v) is 20.1. The lowest BCUT2D eigenvalue weighted by Gasteiger charge is -2.16. The third kappa shape index (κ3) is 4.73. The molecule has 0 bridgehead atoms. The molecule has 1 aliphatic heterocycles. The Bertz CT molecular complexity index is 1130. The second-order valence-electron chi connectivity index (χ2n) is 9.49. The van der Waals surface area contributed by atoms with Crippen molar-refractivity contribution < 1.29 is 17.6 Å². The highest BCUT2D eigenvalue weighted by atomic mass is 35.5. The molecule has 5 rings (SSSR count). The van der Waals surface area contributed by atoms with Crippen LogP contribution in [0.4, 0.5) is 13.2 Å². The van der Waals surface area contributed by atoms with Crippen LogP contribution in [0.15, 0.2) is 35.1 Å². The molecule has 2 fully saturated rings. The number of alkyl halides is 3. The van der Waals surface area contributed by atoms with E-state index in [2.05, 4.69) is 20.1 Å². The van der Waals surface area contributed by atoms with Gasteiger partial charge in [-0.15, -0.1) is 22.6 Å². The van der Waals surface area contributed by atoms with Gasteiger partial charge < -0.3 is 13.9 Å². The van der Waals surface area contributed by atoms with Gasteiger partial charge in [-0.25, -0.2) is 4.98 Å². The maximum absolute atomic E-state index is 12.8. The van der Waals surface area contributed by atoms with Gasteiger partial charge >= 0.3 is 6.18 Å². The number of rotatable bonds is 7. The van der Waals surface area contributed by atoms with Crippen LogP contribution in [0.5, 0.6) is 0 Å². The molecule has 2 aliphatic rings. The molecule has 34 heavy (non-hydrogen) atoms. The first-order valence-corrected chi connectivity index (χ1v) is 11.5. The summed E-state index contributed by atoms with van der Waals surface area (Å²) >= 11 is 0. The smallest absolute Gasteiger partial charge is 0.416 e.